The molecule has 6 rings (SSSR count). The van der Waals surface area contributed by atoms with Gasteiger partial charge in [0.15, 0.2) is 23.0 Å². The highest BCUT2D eigenvalue weighted by Gasteiger charge is 2.49. The average Bonchev–Trinajstić information content (AvgIpc) is 3.17. The lowest BCUT2D eigenvalue weighted by Crippen LogP contribution is -2.61. The van der Waals surface area contributed by atoms with Gasteiger partial charge in [0.25, 0.3) is 0 Å². The summed E-state index contributed by atoms with van der Waals surface area (Å²) >= 11 is 0. The minimum absolute atomic E-state index is 0.0945. The summed E-state index contributed by atoms with van der Waals surface area (Å²) in [7, 11) is 4.45. The highest BCUT2D eigenvalue weighted by Crippen LogP contribution is 2.43. The number of allylic oxidation sites excluding steroid dienone is 1. The molecule has 16 nitrogen and oxygen atoms in total. The van der Waals surface area contributed by atoms with Crippen molar-refractivity contribution in [3.63, 3.8) is 0 Å². The van der Waals surface area contributed by atoms with Gasteiger partial charge in [-0.3, -0.25) is 4.79 Å². The number of aliphatic hydroxyl groups is 3. The SMILES string of the molecule is COC(=O)[C@H]1O[C@@H](Oc2cc3oc(-c4ccc(OCCCCOC(=O)C5=CCc6cc(OC)ccc6N5C)cc4)cc(=O)c3c(O)c2O)[C@H](O)[C@H](O)[C@H]1O. The largest absolute Gasteiger partial charge is 0.504 e. The second kappa shape index (κ2) is 16.1. The number of phenols is 2. The number of phenolic OH excluding ortho intramolecular Hbond substituents is 2. The second-order valence-corrected chi connectivity index (χ2v) is 12.5. The van der Waals surface area contributed by atoms with E-state index in [0.29, 0.717) is 42.9 Å². The van der Waals surface area contributed by atoms with E-state index in [2.05, 4.69) is 4.74 Å². The molecule has 0 spiro atoms. The quantitative estimate of drug-likeness (QED) is 0.0797. The Morgan fingerprint density at radius 1 is 0.889 bits per heavy atom. The molecule has 3 heterocycles. The van der Waals surface area contributed by atoms with Crippen LogP contribution in [0.15, 0.2) is 75.6 Å². The first kappa shape index (κ1) is 37.9. The normalized spacial score (nSPS) is 20.8. The third-order valence-electron chi connectivity index (χ3n) is 9.09. The molecular formula is C38H39NO15. The molecule has 2 aliphatic heterocycles. The smallest absolute Gasteiger partial charge is 0.354 e. The molecule has 0 radical (unpaired) electrons. The number of hydrogen-bond acceptors (Lipinski definition) is 16. The molecule has 0 aliphatic carbocycles. The number of methoxy groups -OCH3 is 2. The Bertz CT molecular complexity index is 2110. The van der Waals surface area contributed by atoms with Crippen LogP contribution in [0.5, 0.6) is 28.7 Å². The number of rotatable bonds is 12. The average molecular weight is 750 g/mol. The van der Waals surface area contributed by atoms with E-state index in [1.54, 1.807) is 36.3 Å². The number of benzene rings is 3. The summed E-state index contributed by atoms with van der Waals surface area (Å²) in [6.07, 6.45) is -5.60. The number of likely N-dealkylation sites (N-methyl/N-ethyl adjacent to an activating group) is 1. The molecule has 4 aromatic rings. The van der Waals surface area contributed by atoms with Gasteiger partial charge in [-0.15, -0.1) is 0 Å². The fraction of sp³-hybridized carbons (Fsp3) is 0.342. The summed E-state index contributed by atoms with van der Waals surface area (Å²) in [6.45, 7) is 0.567. The van der Waals surface area contributed by atoms with Gasteiger partial charge in [-0.05, 0) is 73.4 Å². The summed E-state index contributed by atoms with van der Waals surface area (Å²) in [5.41, 5.74) is 2.01. The molecule has 1 aromatic heterocycles. The van der Waals surface area contributed by atoms with Crippen LogP contribution in [-0.2, 0) is 30.2 Å². The van der Waals surface area contributed by atoms with Gasteiger partial charge in [-0.1, -0.05) is 0 Å². The maximum Gasteiger partial charge on any atom is 0.354 e. The Hall–Kier alpha value is -5.81. The number of carbonyl (C=O) groups excluding carboxylic acids is 2. The summed E-state index contributed by atoms with van der Waals surface area (Å²) in [5.74, 6) is -2.41. The number of unbranched alkanes of at least 4 members (excludes halogenated alkanes) is 1. The molecule has 0 saturated carbocycles. The van der Waals surface area contributed by atoms with Crippen molar-refractivity contribution in [3.8, 4) is 40.1 Å². The molecule has 1 fully saturated rings. The van der Waals surface area contributed by atoms with E-state index in [1.165, 1.54) is 0 Å². The van der Waals surface area contributed by atoms with Gasteiger partial charge in [0.2, 0.25) is 12.0 Å². The predicted octanol–water partition coefficient (Wildman–Crippen LogP) is 2.52. The molecule has 5 N–H and O–H groups in total. The maximum atomic E-state index is 13.0. The minimum Gasteiger partial charge on any atom is -0.504 e. The van der Waals surface area contributed by atoms with E-state index < -0.39 is 65.3 Å². The van der Waals surface area contributed by atoms with Crippen LogP contribution >= 0.6 is 0 Å². The van der Waals surface area contributed by atoms with E-state index in [0.717, 1.165) is 36.2 Å². The third kappa shape index (κ3) is 7.63. The summed E-state index contributed by atoms with van der Waals surface area (Å²) in [6, 6.07) is 14.5. The lowest BCUT2D eigenvalue weighted by atomic mass is 9.99. The minimum atomic E-state index is -1.90. The van der Waals surface area contributed by atoms with Crippen molar-refractivity contribution in [2.75, 3.05) is 39.4 Å². The number of carbonyl (C=O) groups is 2. The van der Waals surface area contributed by atoms with Gasteiger partial charge in [0.05, 0.1) is 27.4 Å². The molecule has 0 amide bonds. The zero-order valence-corrected chi connectivity index (χ0v) is 29.5. The monoisotopic (exact) mass is 749 g/mol. The molecule has 286 valence electrons. The predicted molar refractivity (Wildman–Crippen MR) is 189 cm³/mol. The van der Waals surface area contributed by atoms with Crippen molar-refractivity contribution in [1.29, 1.82) is 0 Å². The van der Waals surface area contributed by atoms with Gasteiger partial charge < -0.3 is 63.3 Å². The van der Waals surface area contributed by atoms with E-state index in [-0.39, 0.29) is 23.3 Å². The lowest BCUT2D eigenvalue weighted by Gasteiger charge is -2.38. The van der Waals surface area contributed by atoms with Crippen LogP contribution in [0.2, 0.25) is 0 Å². The first-order valence-corrected chi connectivity index (χ1v) is 16.9. The highest BCUT2D eigenvalue weighted by atomic mass is 16.7. The van der Waals surface area contributed by atoms with Crippen molar-refractivity contribution in [2.45, 2.75) is 50.0 Å². The van der Waals surface area contributed by atoms with E-state index in [4.69, 9.17) is 28.1 Å². The first-order chi connectivity index (χ1) is 25.9. The number of hydrogen-bond donors (Lipinski definition) is 5. The molecule has 3 aromatic carbocycles. The zero-order valence-electron chi connectivity index (χ0n) is 29.5. The fourth-order valence-corrected chi connectivity index (χ4v) is 6.10. The number of aliphatic hydroxyl groups excluding tert-OH is 3. The van der Waals surface area contributed by atoms with E-state index >= 15 is 0 Å². The maximum absolute atomic E-state index is 13.0. The van der Waals surface area contributed by atoms with Crippen molar-refractivity contribution < 1.29 is 68.0 Å². The van der Waals surface area contributed by atoms with Gasteiger partial charge >= 0.3 is 11.9 Å². The fourth-order valence-electron chi connectivity index (χ4n) is 6.10. The zero-order chi connectivity index (χ0) is 38.7. The van der Waals surface area contributed by atoms with E-state index in [9.17, 15) is 39.9 Å². The Balaban J connectivity index is 1.04. The van der Waals surface area contributed by atoms with Gasteiger partial charge in [0, 0.05) is 30.4 Å². The van der Waals surface area contributed by atoms with Crippen LogP contribution in [0.4, 0.5) is 5.69 Å². The topological polar surface area (TPSA) is 224 Å². The Morgan fingerprint density at radius 3 is 2.33 bits per heavy atom. The van der Waals surface area contributed by atoms with Crippen LogP contribution in [0, 0.1) is 0 Å². The standard InChI is InChI=1S/C38H39NO15/c1-39-23-13-11-22(48-2)16-20(23)8-12-24(39)36(46)51-15-5-4-14-50-21-9-6-19(7-10-21)26-17-25(40)29-27(52-26)18-28(30(41)31(29)42)53-38-34(45)32(43)33(44)35(54-38)37(47)49-3/h6-7,9-13,16-18,32-35,38,41-45H,4-5,8,14-15H2,1-3H3/t32-,33-,34-,35+,38-/m1/s1. The van der Waals surface area contributed by atoms with Crippen molar-refractivity contribution in [3.05, 3.63) is 82.2 Å². The van der Waals surface area contributed by atoms with Crippen LogP contribution < -0.4 is 24.5 Å². The molecule has 1 saturated heterocycles. The van der Waals surface area contributed by atoms with Crippen LogP contribution in [-0.4, -0.2) is 103 Å². The Kier molecular flexibility index (Phi) is 11.3. The number of fused-ring (bicyclic) bond motifs is 2. The highest BCUT2D eigenvalue weighted by molar-refractivity contribution is 5.94. The third-order valence-corrected chi connectivity index (χ3v) is 9.09. The van der Waals surface area contributed by atoms with Crippen molar-refractivity contribution in [2.24, 2.45) is 0 Å². The van der Waals surface area contributed by atoms with Gasteiger partial charge in [-0.2, -0.15) is 0 Å². The molecular weight excluding hydrogens is 710 g/mol. The van der Waals surface area contributed by atoms with Crippen molar-refractivity contribution >= 4 is 28.6 Å². The number of esters is 2. The molecule has 5 atom stereocenters. The Labute approximate surface area is 307 Å². The Morgan fingerprint density at radius 2 is 1.61 bits per heavy atom. The van der Waals surface area contributed by atoms with E-state index in [1.807, 2.05) is 31.3 Å². The second-order valence-electron chi connectivity index (χ2n) is 12.5. The van der Waals surface area contributed by atoms with Crippen LogP contribution in [0.3, 0.4) is 0 Å². The molecule has 0 bridgehead atoms. The first-order valence-electron chi connectivity index (χ1n) is 16.9. The number of anilines is 1. The summed E-state index contributed by atoms with van der Waals surface area (Å²) in [4.78, 5) is 39.6. The van der Waals surface area contributed by atoms with Gasteiger partial charge in [-0.25, -0.2) is 9.59 Å². The molecule has 2 aliphatic rings. The molecule has 54 heavy (non-hydrogen) atoms. The number of ether oxygens (including phenoxy) is 6. The van der Waals surface area contributed by atoms with Crippen molar-refractivity contribution in [1.82, 2.24) is 0 Å². The number of nitrogens with zero attached hydrogens (tertiary/aromatic N) is 1. The van der Waals surface area contributed by atoms with Crippen LogP contribution in [0.1, 0.15) is 18.4 Å². The molecule has 16 heteroatoms. The number of aromatic hydroxyl groups is 2. The lowest BCUT2D eigenvalue weighted by molar-refractivity contribution is -0.272. The van der Waals surface area contributed by atoms with Gasteiger partial charge in [0.1, 0.15) is 52.2 Å². The van der Waals surface area contributed by atoms with Crippen LogP contribution in [0.25, 0.3) is 22.3 Å². The summed E-state index contributed by atoms with van der Waals surface area (Å²) < 4.78 is 37.8. The molecule has 0 unspecified atom stereocenters. The summed E-state index contributed by atoms with van der Waals surface area (Å²) in [5, 5.41) is 51.7.